The first-order chi connectivity index (χ1) is 8.54. The van der Waals surface area contributed by atoms with Gasteiger partial charge in [0.05, 0.1) is 17.7 Å². The quantitative estimate of drug-likeness (QED) is 0.859. The minimum atomic E-state index is -0.601. The fourth-order valence-corrected chi connectivity index (χ4v) is 2.07. The van der Waals surface area contributed by atoms with Crippen molar-refractivity contribution in [2.75, 3.05) is 19.1 Å². The number of hydrogen-bond acceptors (Lipinski definition) is 3. The SMILES string of the molecule is CCC(C#N)C(=O)N(C)c1ccc(OC)c(Br)c1. The molecule has 18 heavy (non-hydrogen) atoms. The van der Waals surface area contributed by atoms with E-state index in [9.17, 15) is 4.79 Å². The third-order valence-corrected chi connectivity index (χ3v) is 3.34. The van der Waals surface area contributed by atoms with Crippen LogP contribution in [0.1, 0.15) is 13.3 Å². The predicted octanol–water partition coefficient (Wildman–Crippen LogP) is 2.97. The number of amides is 1. The van der Waals surface area contributed by atoms with Crippen LogP contribution in [0, 0.1) is 17.2 Å². The smallest absolute Gasteiger partial charge is 0.244 e. The maximum Gasteiger partial charge on any atom is 0.244 e. The highest BCUT2D eigenvalue weighted by Crippen LogP contribution is 2.29. The van der Waals surface area contributed by atoms with E-state index in [1.165, 1.54) is 4.90 Å². The van der Waals surface area contributed by atoms with Gasteiger partial charge in [0, 0.05) is 12.7 Å². The van der Waals surface area contributed by atoms with E-state index in [1.807, 2.05) is 13.0 Å². The van der Waals surface area contributed by atoms with E-state index < -0.39 is 5.92 Å². The Kier molecular flexibility index (Phi) is 5.17. The molecule has 0 fully saturated rings. The Bertz CT molecular complexity index is 482. The van der Waals surface area contributed by atoms with Crippen molar-refractivity contribution in [3.63, 3.8) is 0 Å². The number of carbonyl (C=O) groups excluding carboxylic acids is 1. The minimum Gasteiger partial charge on any atom is -0.496 e. The highest BCUT2D eigenvalue weighted by Gasteiger charge is 2.21. The number of anilines is 1. The Morgan fingerprint density at radius 2 is 2.28 bits per heavy atom. The van der Waals surface area contributed by atoms with Gasteiger partial charge in [0.25, 0.3) is 0 Å². The largest absolute Gasteiger partial charge is 0.496 e. The molecule has 0 heterocycles. The molecule has 0 saturated carbocycles. The van der Waals surface area contributed by atoms with E-state index in [0.29, 0.717) is 12.2 Å². The molecule has 4 nitrogen and oxygen atoms in total. The van der Waals surface area contributed by atoms with Gasteiger partial charge in [-0.2, -0.15) is 5.26 Å². The third-order valence-electron chi connectivity index (χ3n) is 2.72. The van der Waals surface area contributed by atoms with E-state index >= 15 is 0 Å². The summed E-state index contributed by atoms with van der Waals surface area (Å²) >= 11 is 3.37. The van der Waals surface area contributed by atoms with Crippen molar-refractivity contribution in [2.45, 2.75) is 13.3 Å². The zero-order valence-electron chi connectivity index (χ0n) is 10.6. The van der Waals surface area contributed by atoms with Gasteiger partial charge >= 0.3 is 0 Å². The Hall–Kier alpha value is -1.54. The van der Waals surface area contributed by atoms with Crippen LogP contribution in [0.2, 0.25) is 0 Å². The van der Waals surface area contributed by atoms with Crippen molar-refractivity contribution >= 4 is 27.5 Å². The van der Waals surface area contributed by atoms with E-state index in [4.69, 9.17) is 10.00 Å². The second kappa shape index (κ2) is 6.41. The molecule has 0 spiro atoms. The highest BCUT2D eigenvalue weighted by molar-refractivity contribution is 9.10. The Morgan fingerprint density at radius 3 is 2.72 bits per heavy atom. The summed E-state index contributed by atoms with van der Waals surface area (Å²) in [4.78, 5) is 13.5. The summed E-state index contributed by atoms with van der Waals surface area (Å²) in [5.41, 5.74) is 0.723. The zero-order chi connectivity index (χ0) is 13.7. The predicted molar refractivity (Wildman–Crippen MR) is 73.5 cm³/mol. The molecule has 1 amide bonds. The number of nitriles is 1. The molecule has 0 aromatic heterocycles. The van der Waals surface area contributed by atoms with Crippen molar-refractivity contribution in [1.82, 2.24) is 0 Å². The van der Waals surface area contributed by atoms with Crippen molar-refractivity contribution < 1.29 is 9.53 Å². The Labute approximate surface area is 115 Å². The molecule has 0 aliphatic carbocycles. The molecule has 1 aromatic carbocycles. The molecule has 1 atom stereocenters. The second-order valence-corrected chi connectivity index (χ2v) is 4.66. The molecule has 0 radical (unpaired) electrons. The Balaban J connectivity index is 2.97. The van der Waals surface area contributed by atoms with Crippen molar-refractivity contribution in [3.8, 4) is 11.8 Å². The molecular weight excluding hydrogens is 296 g/mol. The maximum atomic E-state index is 12.0. The van der Waals surface area contributed by atoms with E-state index in [0.717, 1.165) is 10.2 Å². The average Bonchev–Trinajstić information content (AvgIpc) is 2.39. The minimum absolute atomic E-state index is 0.197. The first kappa shape index (κ1) is 14.5. The first-order valence-electron chi connectivity index (χ1n) is 5.55. The number of nitrogens with zero attached hydrogens (tertiary/aromatic N) is 2. The summed E-state index contributed by atoms with van der Waals surface area (Å²) in [5, 5.41) is 8.90. The second-order valence-electron chi connectivity index (χ2n) is 3.81. The zero-order valence-corrected chi connectivity index (χ0v) is 12.2. The number of benzene rings is 1. The molecule has 1 rings (SSSR count). The summed E-state index contributed by atoms with van der Waals surface area (Å²) in [7, 11) is 3.24. The fraction of sp³-hybridized carbons (Fsp3) is 0.385. The number of methoxy groups -OCH3 is 1. The molecule has 0 bridgehead atoms. The lowest BCUT2D eigenvalue weighted by atomic mass is 10.1. The van der Waals surface area contributed by atoms with Crippen LogP contribution < -0.4 is 9.64 Å². The summed E-state index contributed by atoms with van der Waals surface area (Å²) in [6.07, 6.45) is 0.511. The molecule has 96 valence electrons. The molecule has 0 aliphatic heterocycles. The number of carbonyl (C=O) groups is 1. The average molecular weight is 311 g/mol. The van der Waals surface area contributed by atoms with Crippen LogP contribution in [0.15, 0.2) is 22.7 Å². The van der Waals surface area contributed by atoms with Crippen LogP contribution >= 0.6 is 15.9 Å². The van der Waals surface area contributed by atoms with Crippen LogP contribution in [-0.2, 0) is 4.79 Å². The van der Waals surface area contributed by atoms with E-state index in [-0.39, 0.29) is 5.91 Å². The number of halogens is 1. The normalized spacial score (nSPS) is 11.5. The van der Waals surface area contributed by atoms with Gasteiger partial charge in [0.15, 0.2) is 0 Å². The van der Waals surface area contributed by atoms with Gasteiger partial charge in [-0.05, 0) is 40.5 Å². The standard InChI is InChI=1S/C13H15BrN2O2/c1-4-9(8-15)13(17)16(2)10-5-6-12(18-3)11(14)7-10/h5-7,9H,4H2,1-3H3. The molecular formula is C13H15BrN2O2. The molecule has 1 aromatic rings. The summed E-state index contributed by atoms with van der Waals surface area (Å²) in [5.74, 6) is -0.0973. The molecule has 5 heteroatoms. The van der Waals surface area contributed by atoms with Crippen molar-refractivity contribution in [3.05, 3.63) is 22.7 Å². The van der Waals surface area contributed by atoms with Crippen molar-refractivity contribution in [1.29, 1.82) is 5.26 Å². The monoisotopic (exact) mass is 310 g/mol. The molecule has 0 N–H and O–H groups in total. The van der Waals surface area contributed by atoms with Crippen LogP contribution in [0.3, 0.4) is 0 Å². The van der Waals surface area contributed by atoms with Gasteiger partial charge in [-0.1, -0.05) is 6.92 Å². The number of hydrogen-bond donors (Lipinski definition) is 0. The molecule has 0 saturated heterocycles. The number of rotatable bonds is 4. The molecule has 0 aliphatic rings. The highest BCUT2D eigenvalue weighted by atomic mass is 79.9. The van der Waals surface area contributed by atoms with Gasteiger partial charge in [-0.3, -0.25) is 4.79 Å². The topological polar surface area (TPSA) is 53.3 Å². The lowest BCUT2D eigenvalue weighted by Gasteiger charge is -2.20. The van der Waals surface area contributed by atoms with Gasteiger partial charge in [0.1, 0.15) is 11.7 Å². The first-order valence-corrected chi connectivity index (χ1v) is 6.35. The maximum absolute atomic E-state index is 12.0. The van der Waals surface area contributed by atoms with Gasteiger partial charge < -0.3 is 9.64 Å². The molecule has 1 unspecified atom stereocenters. The summed E-state index contributed by atoms with van der Waals surface area (Å²) < 4.78 is 5.90. The van der Waals surface area contributed by atoms with Crippen LogP contribution in [0.5, 0.6) is 5.75 Å². The number of ether oxygens (including phenoxy) is 1. The van der Waals surface area contributed by atoms with Crippen LogP contribution in [0.4, 0.5) is 5.69 Å². The summed E-state index contributed by atoms with van der Waals surface area (Å²) in [6, 6.07) is 7.36. The van der Waals surface area contributed by atoms with Crippen LogP contribution in [0.25, 0.3) is 0 Å². The summed E-state index contributed by atoms with van der Waals surface area (Å²) in [6.45, 7) is 1.82. The van der Waals surface area contributed by atoms with E-state index in [1.54, 1.807) is 32.4 Å². The van der Waals surface area contributed by atoms with Crippen LogP contribution in [-0.4, -0.2) is 20.1 Å². The van der Waals surface area contributed by atoms with Gasteiger partial charge in [0.2, 0.25) is 5.91 Å². The Morgan fingerprint density at radius 1 is 1.61 bits per heavy atom. The van der Waals surface area contributed by atoms with Crippen molar-refractivity contribution in [2.24, 2.45) is 5.92 Å². The lowest BCUT2D eigenvalue weighted by molar-refractivity contribution is -0.120. The van der Waals surface area contributed by atoms with Gasteiger partial charge in [-0.15, -0.1) is 0 Å². The van der Waals surface area contributed by atoms with Gasteiger partial charge in [-0.25, -0.2) is 0 Å². The van der Waals surface area contributed by atoms with E-state index in [2.05, 4.69) is 15.9 Å². The third kappa shape index (κ3) is 3.02. The fourth-order valence-electron chi connectivity index (χ4n) is 1.55. The lowest BCUT2D eigenvalue weighted by Crippen LogP contribution is -2.31.